The molecule has 0 aliphatic rings. The van der Waals surface area contributed by atoms with E-state index >= 15 is 0 Å². The standard InChI is InChI=1S/C18H14F3N3O3S2/c19-18(20,21)10-29-14-6-2-1-4-12(14)23-15(25)8-11-9-28-17(22-11)24-16(26)13-5-3-7-27-13/h1-7,9H,8,10H2,(H,23,25)(H,22,24,26). The molecule has 11 heteroatoms. The highest BCUT2D eigenvalue weighted by molar-refractivity contribution is 7.99. The molecule has 6 nitrogen and oxygen atoms in total. The molecule has 0 radical (unpaired) electrons. The zero-order valence-corrected chi connectivity index (χ0v) is 16.3. The summed E-state index contributed by atoms with van der Waals surface area (Å²) in [5.41, 5.74) is 0.719. The quantitative estimate of drug-likeness (QED) is 0.514. The van der Waals surface area contributed by atoms with Crippen molar-refractivity contribution in [1.82, 2.24) is 4.98 Å². The van der Waals surface area contributed by atoms with Crippen LogP contribution in [0.2, 0.25) is 0 Å². The van der Waals surface area contributed by atoms with Crippen LogP contribution in [0, 0.1) is 0 Å². The van der Waals surface area contributed by atoms with Gasteiger partial charge in [0.15, 0.2) is 10.9 Å². The van der Waals surface area contributed by atoms with Crippen molar-refractivity contribution in [1.29, 1.82) is 0 Å². The molecule has 3 rings (SSSR count). The number of hydrogen-bond acceptors (Lipinski definition) is 6. The summed E-state index contributed by atoms with van der Waals surface area (Å²) >= 11 is 1.75. The summed E-state index contributed by atoms with van der Waals surface area (Å²) in [5, 5.41) is 7.08. The molecule has 0 saturated heterocycles. The van der Waals surface area contributed by atoms with E-state index in [4.69, 9.17) is 4.42 Å². The molecule has 0 fully saturated rings. The van der Waals surface area contributed by atoms with E-state index in [-0.39, 0.29) is 12.2 Å². The molecule has 2 amide bonds. The lowest BCUT2D eigenvalue weighted by Gasteiger charge is -2.11. The number of carbonyl (C=O) groups is 2. The molecule has 0 bridgehead atoms. The first-order valence-electron chi connectivity index (χ1n) is 8.18. The van der Waals surface area contributed by atoms with Crippen LogP contribution in [0.25, 0.3) is 0 Å². The van der Waals surface area contributed by atoms with E-state index in [1.54, 1.807) is 23.6 Å². The van der Waals surface area contributed by atoms with Gasteiger partial charge in [0.25, 0.3) is 5.91 Å². The Balaban J connectivity index is 1.58. The lowest BCUT2D eigenvalue weighted by atomic mass is 10.3. The van der Waals surface area contributed by atoms with Gasteiger partial charge >= 0.3 is 6.18 Å². The monoisotopic (exact) mass is 441 g/mol. The molecule has 0 aliphatic carbocycles. The maximum absolute atomic E-state index is 12.5. The van der Waals surface area contributed by atoms with Crippen molar-refractivity contribution in [3.8, 4) is 0 Å². The lowest BCUT2D eigenvalue weighted by molar-refractivity contribution is -0.115. The second-order valence-electron chi connectivity index (χ2n) is 5.70. The number of thiazole rings is 1. The summed E-state index contributed by atoms with van der Waals surface area (Å²) in [6.45, 7) is 0. The van der Waals surface area contributed by atoms with E-state index < -0.39 is 23.7 Å². The maximum atomic E-state index is 12.5. The van der Waals surface area contributed by atoms with Crippen molar-refractivity contribution in [2.24, 2.45) is 0 Å². The average Bonchev–Trinajstić information content (AvgIpc) is 3.32. The van der Waals surface area contributed by atoms with Crippen LogP contribution < -0.4 is 10.6 Å². The molecule has 0 aliphatic heterocycles. The first-order valence-corrected chi connectivity index (χ1v) is 10.0. The number of benzene rings is 1. The first kappa shape index (κ1) is 20.9. The summed E-state index contributed by atoms with van der Waals surface area (Å²) in [6.07, 6.45) is -3.03. The van der Waals surface area contributed by atoms with E-state index in [0.29, 0.717) is 33.2 Å². The number of halogens is 3. The zero-order valence-electron chi connectivity index (χ0n) is 14.7. The summed E-state index contributed by atoms with van der Waals surface area (Å²) in [6, 6.07) is 9.36. The maximum Gasteiger partial charge on any atom is 0.398 e. The number of hydrogen-bond donors (Lipinski definition) is 2. The molecular formula is C18H14F3N3O3S2. The Bertz CT molecular complexity index is 988. The fourth-order valence-electron chi connectivity index (χ4n) is 2.23. The highest BCUT2D eigenvalue weighted by Crippen LogP contribution is 2.32. The van der Waals surface area contributed by atoms with E-state index in [2.05, 4.69) is 15.6 Å². The number of thioether (sulfide) groups is 1. The van der Waals surface area contributed by atoms with Crippen LogP contribution in [0.1, 0.15) is 16.2 Å². The highest BCUT2D eigenvalue weighted by Gasteiger charge is 2.27. The van der Waals surface area contributed by atoms with Crippen LogP contribution in [0.3, 0.4) is 0 Å². The molecule has 0 spiro atoms. The Morgan fingerprint density at radius 2 is 1.93 bits per heavy atom. The topological polar surface area (TPSA) is 84.2 Å². The number of furan rings is 1. The van der Waals surface area contributed by atoms with Gasteiger partial charge in [-0.3, -0.25) is 14.9 Å². The number of anilines is 2. The summed E-state index contributed by atoms with van der Waals surface area (Å²) < 4.78 is 42.3. The van der Waals surface area contributed by atoms with Crippen molar-refractivity contribution in [2.45, 2.75) is 17.5 Å². The number of amides is 2. The SMILES string of the molecule is O=C(Cc1csc(NC(=O)c2ccco2)n1)Nc1ccccc1SCC(F)(F)F. The number of rotatable bonds is 7. The Hall–Kier alpha value is -2.79. The lowest BCUT2D eigenvalue weighted by Crippen LogP contribution is -2.16. The van der Waals surface area contributed by atoms with Gasteiger partial charge in [-0.2, -0.15) is 13.2 Å². The van der Waals surface area contributed by atoms with E-state index in [1.165, 1.54) is 24.5 Å². The molecule has 0 atom stereocenters. The molecule has 0 saturated carbocycles. The van der Waals surface area contributed by atoms with Crippen LogP contribution in [-0.2, 0) is 11.2 Å². The number of aromatic nitrogens is 1. The summed E-state index contributed by atoms with van der Waals surface area (Å²) in [5.74, 6) is -1.81. The van der Waals surface area contributed by atoms with Crippen molar-refractivity contribution in [3.05, 3.63) is 59.5 Å². The Morgan fingerprint density at radius 3 is 2.66 bits per heavy atom. The zero-order chi connectivity index (χ0) is 20.9. The third-order valence-electron chi connectivity index (χ3n) is 3.41. The molecule has 2 N–H and O–H groups in total. The minimum atomic E-state index is -4.31. The van der Waals surface area contributed by atoms with Gasteiger partial charge in [-0.1, -0.05) is 12.1 Å². The normalized spacial score (nSPS) is 11.3. The van der Waals surface area contributed by atoms with Gasteiger partial charge in [-0.25, -0.2) is 4.98 Å². The van der Waals surface area contributed by atoms with Gasteiger partial charge in [-0.05, 0) is 24.3 Å². The van der Waals surface area contributed by atoms with Crippen LogP contribution in [0.5, 0.6) is 0 Å². The predicted molar refractivity (Wildman–Crippen MR) is 104 cm³/mol. The fourth-order valence-corrected chi connectivity index (χ4v) is 3.70. The van der Waals surface area contributed by atoms with E-state index in [0.717, 1.165) is 11.3 Å². The fraction of sp³-hybridized carbons (Fsp3) is 0.167. The molecule has 3 aromatic rings. The minimum absolute atomic E-state index is 0.0919. The largest absolute Gasteiger partial charge is 0.459 e. The number of para-hydroxylation sites is 1. The number of alkyl halides is 3. The van der Waals surface area contributed by atoms with Crippen LogP contribution in [0.15, 0.2) is 57.4 Å². The minimum Gasteiger partial charge on any atom is -0.459 e. The van der Waals surface area contributed by atoms with Gasteiger partial charge in [0.1, 0.15) is 0 Å². The number of nitrogens with one attached hydrogen (secondary N) is 2. The van der Waals surface area contributed by atoms with Gasteiger partial charge < -0.3 is 9.73 Å². The third-order valence-corrected chi connectivity index (χ3v) is 5.36. The Labute approximate surface area is 171 Å². The molecule has 0 unspecified atom stereocenters. The smallest absolute Gasteiger partial charge is 0.398 e. The van der Waals surface area contributed by atoms with Crippen LogP contribution in [0.4, 0.5) is 24.0 Å². The van der Waals surface area contributed by atoms with Crippen molar-refractivity contribution in [2.75, 3.05) is 16.4 Å². The van der Waals surface area contributed by atoms with E-state index in [1.807, 2.05) is 0 Å². The van der Waals surface area contributed by atoms with E-state index in [9.17, 15) is 22.8 Å². The van der Waals surface area contributed by atoms with Gasteiger partial charge in [0, 0.05) is 10.3 Å². The van der Waals surface area contributed by atoms with Crippen molar-refractivity contribution >= 4 is 45.7 Å². The van der Waals surface area contributed by atoms with Crippen LogP contribution >= 0.6 is 23.1 Å². The molecule has 2 aromatic heterocycles. The average molecular weight is 441 g/mol. The van der Waals surface area contributed by atoms with Crippen molar-refractivity contribution in [3.63, 3.8) is 0 Å². The molecular weight excluding hydrogens is 427 g/mol. The van der Waals surface area contributed by atoms with Crippen LogP contribution in [-0.4, -0.2) is 28.7 Å². The second kappa shape index (κ2) is 9.14. The first-order chi connectivity index (χ1) is 13.8. The highest BCUT2D eigenvalue weighted by atomic mass is 32.2. The molecule has 1 aromatic carbocycles. The third kappa shape index (κ3) is 6.36. The Morgan fingerprint density at radius 1 is 1.14 bits per heavy atom. The predicted octanol–water partition coefficient (Wildman–Crippen LogP) is 4.82. The van der Waals surface area contributed by atoms with Gasteiger partial charge in [0.2, 0.25) is 5.91 Å². The summed E-state index contributed by atoms with van der Waals surface area (Å²) in [4.78, 5) is 28.7. The van der Waals surface area contributed by atoms with Gasteiger partial charge in [-0.15, -0.1) is 23.1 Å². The summed E-state index contributed by atoms with van der Waals surface area (Å²) in [7, 11) is 0. The van der Waals surface area contributed by atoms with Gasteiger partial charge in [0.05, 0.1) is 29.8 Å². The number of nitrogens with zero attached hydrogens (tertiary/aromatic N) is 1. The Kier molecular flexibility index (Phi) is 6.60. The number of carbonyl (C=O) groups excluding carboxylic acids is 2. The van der Waals surface area contributed by atoms with Crippen molar-refractivity contribution < 1.29 is 27.2 Å². The molecule has 152 valence electrons. The molecule has 2 heterocycles. The second-order valence-corrected chi connectivity index (χ2v) is 7.58. The molecule has 29 heavy (non-hydrogen) atoms.